The summed E-state index contributed by atoms with van der Waals surface area (Å²) in [5.41, 5.74) is 0.492. The molecule has 2 unspecified atom stereocenters. The van der Waals surface area contributed by atoms with E-state index in [9.17, 15) is 4.39 Å². The SMILES string of the molecule is CCc1ncnc(NCC2CC3CCC(C2)N3C)c1F. The van der Waals surface area contributed by atoms with Crippen LogP contribution in [0.4, 0.5) is 10.2 Å². The van der Waals surface area contributed by atoms with Crippen LogP contribution in [-0.4, -0.2) is 40.5 Å². The van der Waals surface area contributed by atoms with E-state index in [-0.39, 0.29) is 5.82 Å². The van der Waals surface area contributed by atoms with E-state index in [4.69, 9.17) is 0 Å². The number of aromatic nitrogens is 2. The summed E-state index contributed by atoms with van der Waals surface area (Å²) in [6, 6.07) is 1.45. The van der Waals surface area contributed by atoms with Gasteiger partial charge in [-0.15, -0.1) is 0 Å². The molecule has 2 fully saturated rings. The van der Waals surface area contributed by atoms with Crippen molar-refractivity contribution in [2.75, 3.05) is 18.9 Å². The van der Waals surface area contributed by atoms with Gasteiger partial charge < -0.3 is 10.2 Å². The Morgan fingerprint density at radius 1 is 1.30 bits per heavy atom. The van der Waals surface area contributed by atoms with Gasteiger partial charge in [0.15, 0.2) is 11.6 Å². The molecular weight excluding hydrogens is 255 g/mol. The van der Waals surface area contributed by atoms with Crippen LogP contribution in [0.5, 0.6) is 0 Å². The minimum Gasteiger partial charge on any atom is -0.367 e. The lowest BCUT2D eigenvalue weighted by Crippen LogP contribution is -2.41. The van der Waals surface area contributed by atoms with E-state index in [1.54, 1.807) is 0 Å². The van der Waals surface area contributed by atoms with Crippen LogP contribution in [-0.2, 0) is 6.42 Å². The van der Waals surface area contributed by atoms with E-state index in [0.717, 1.165) is 18.6 Å². The Kier molecular flexibility index (Phi) is 3.87. The fraction of sp³-hybridized carbons (Fsp3) is 0.733. The van der Waals surface area contributed by atoms with Crippen molar-refractivity contribution in [3.8, 4) is 0 Å². The molecule has 0 radical (unpaired) electrons. The van der Waals surface area contributed by atoms with Gasteiger partial charge in [0.1, 0.15) is 6.33 Å². The maximum absolute atomic E-state index is 14.1. The third-order valence-electron chi connectivity index (χ3n) is 4.95. The quantitative estimate of drug-likeness (QED) is 0.918. The van der Waals surface area contributed by atoms with Crippen LogP contribution in [0.15, 0.2) is 6.33 Å². The van der Waals surface area contributed by atoms with E-state index in [2.05, 4.69) is 27.2 Å². The number of nitrogens with one attached hydrogen (secondary N) is 1. The molecule has 0 amide bonds. The molecule has 3 heterocycles. The maximum atomic E-state index is 14.1. The zero-order valence-corrected chi connectivity index (χ0v) is 12.3. The third kappa shape index (κ3) is 2.51. The van der Waals surface area contributed by atoms with Crippen molar-refractivity contribution in [3.05, 3.63) is 17.8 Å². The lowest BCUT2D eigenvalue weighted by molar-refractivity contribution is 0.139. The first-order valence-corrected chi connectivity index (χ1v) is 7.64. The number of hydrogen-bond acceptors (Lipinski definition) is 4. The normalized spacial score (nSPS) is 29.6. The molecule has 1 aromatic rings. The van der Waals surface area contributed by atoms with Crippen LogP contribution in [0.2, 0.25) is 0 Å². The smallest absolute Gasteiger partial charge is 0.186 e. The minimum atomic E-state index is -0.286. The molecule has 2 aliphatic heterocycles. The van der Waals surface area contributed by atoms with Gasteiger partial charge in [-0.2, -0.15) is 0 Å². The summed E-state index contributed by atoms with van der Waals surface area (Å²) >= 11 is 0. The topological polar surface area (TPSA) is 41.1 Å². The van der Waals surface area contributed by atoms with E-state index >= 15 is 0 Å². The molecule has 4 nitrogen and oxygen atoms in total. The molecule has 1 aromatic heterocycles. The Labute approximate surface area is 119 Å². The Morgan fingerprint density at radius 3 is 2.65 bits per heavy atom. The Bertz CT molecular complexity index is 465. The second-order valence-electron chi connectivity index (χ2n) is 6.11. The van der Waals surface area contributed by atoms with Gasteiger partial charge in [-0.1, -0.05) is 6.92 Å². The first kappa shape index (κ1) is 13.7. The van der Waals surface area contributed by atoms with Crippen molar-refractivity contribution < 1.29 is 4.39 Å². The summed E-state index contributed by atoms with van der Waals surface area (Å²) < 4.78 is 14.1. The lowest BCUT2D eigenvalue weighted by Gasteiger charge is -2.36. The Morgan fingerprint density at radius 2 is 2.00 bits per heavy atom. The van der Waals surface area contributed by atoms with Crippen molar-refractivity contribution in [1.82, 2.24) is 14.9 Å². The van der Waals surface area contributed by atoms with Crippen molar-refractivity contribution in [3.63, 3.8) is 0 Å². The number of piperidine rings is 1. The van der Waals surface area contributed by atoms with Gasteiger partial charge in [-0.3, -0.25) is 0 Å². The zero-order valence-electron chi connectivity index (χ0n) is 12.3. The average Bonchev–Trinajstić information content (AvgIpc) is 2.67. The highest BCUT2D eigenvalue weighted by Crippen LogP contribution is 2.37. The van der Waals surface area contributed by atoms with Crippen molar-refractivity contribution >= 4 is 5.82 Å². The fourth-order valence-corrected chi connectivity index (χ4v) is 3.71. The maximum Gasteiger partial charge on any atom is 0.186 e. The summed E-state index contributed by atoms with van der Waals surface area (Å²) in [6.07, 6.45) is 7.11. The van der Waals surface area contributed by atoms with E-state index in [1.165, 1.54) is 32.0 Å². The third-order valence-corrected chi connectivity index (χ3v) is 4.95. The highest BCUT2D eigenvalue weighted by Gasteiger charge is 2.38. The summed E-state index contributed by atoms with van der Waals surface area (Å²) in [6.45, 7) is 2.72. The average molecular weight is 278 g/mol. The lowest BCUT2D eigenvalue weighted by atomic mass is 9.91. The van der Waals surface area contributed by atoms with Crippen LogP contribution < -0.4 is 5.32 Å². The van der Waals surface area contributed by atoms with Gasteiger partial charge in [-0.25, -0.2) is 14.4 Å². The molecule has 2 bridgehead atoms. The minimum absolute atomic E-state index is 0.286. The van der Waals surface area contributed by atoms with Gasteiger partial charge in [-0.05, 0) is 45.1 Å². The number of anilines is 1. The Hall–Kier alpha value is -1.23. The van der Waals surface area contributed by atoms with Crippen molar-refractivity contribution in [2.24, 2.45) is 5.92 Å². The molecule has 0 saturated carbocycles. The monoisotopic (exact) mass is 278 g/mol. The highest BCUT2D eigenvalue weighted by atomic mass is 19.1. The van der Waals surface area contributed by atoms with E-state index in [0.29, 0.717) is 23.9 Å². The second kappa shape index (κ2) is 5.64. The summed E-state index contributed by atoms with van der Waals surface area (Å²) in [5, 5.41) is 3.20. The number of hydrogen-bond donors (Lipinski definition) is 1. The summed E-state index contributed by atoms with van der Waals surface area (Å²) in [4.78, 5) is 10.5. The number of halogens is 1. The van der Waals surface area contributed by atoms with Gasteiger partial charge >= 0.3 is 0 Å². The predicted octanol–water partition coefficient (Wildman–Crippen LogP) is 2.46. The van der Waals surface area contributed by atoms with Gasteiger partial charge in [0.2, 0.25) is 0 Å². The van der Waals surface area contributed by atoms with Crippen LogP contribution in [0.25, 0.3) is 0 Å². The van der Waals surface area contributed by atoms with Crippen LogP contribution in [0.3, 0.4) is 0 Å². The number of aryl methyl sites for hydroxylation is 1. The van der Waals surface area contributed by atoms with Crippen LogP contribution in [0, 0.1) is 11.7 Å². The molecule has 0 aromatic carbocycles. The summed E-state index contributed by atoms with van der Waals surface area (Å²) in [7, 11) is 2.24. The molecule has 2 aliphatic rings. The molecule has 1 N–H and O–H groups in total. The molecule has 0 spiro atoms. The molecule has 2 atom stereocenters. The van der Waals surface area contributed by atoms with E-state index < -0.39 is 0 Å². The molecule has 0 aliphatic carbocycles. The molecular formula is C15H23FN4. The standard InChI is InChI=1S/C15H23FN4/c1-3-13-14(16)15(19-9-18-13)17-8-10-6-11-4-5-12(7-10)20(11)2/h9-12H,3-8H2,1-2H3,(H,17,18,19). The van der Waals surface area contributed by atoms with Gasteiger partial charge in [0.25, 0.3) is 0 Å². The number of fused-ring (bicyclic) bond motifs is 2. The molecule has 2 saturated heterocycles. The number of rotatable bonds is 4. The molecule has 110 valence electrons. The molecule has 3 rings (SSSR count). The summed E-state index contributed by atoms with van der Waals surface area (Å²) in [5.74, 6) is 0.706. The predicted molar refractivity (Wildman–Crippen MR) is 77.2 cm³/mol. The largest absolute Gasteiger partial charge is 0.367 e. The second-order valence-corrected chi connectivity index (χ2v) is 6.11. The van der Waals surface area contributed by atoms with Crippen molar-refractivity contribution in [1.29, 1.82) is 0 Å². The van der Waals surface area contributed by atoms with Gasteiger partial charge in [0, 0.05) is 18.6 Å². The van der Waals surface area contributed by atoms with Crippen molar-refractivity contribution in [2.45, 2.75) is 51.1 Å². The Balaban J connectivity index is 1.60. The fourth-order valence-electron chi connectivity index (χ4n) is 3.71. The molecule has 5 heteroatoms. The molecule has 20 heavy (non-hydrogen) atoms. The number of nitrogens with zero attached hydrogens (tertiary/aromatic N) is 3. The van der Waals surface area contributed by atoms with Crippen LogP contribution in [0.1, 0.15) is 38.3 Å². The highest BCUT2D eigenvalue weighted by molar-refractivity contribution is 5.37. The van der Waals surface area contributed by atoms with Crippen LogP contribution >= 0.6 is 0 Å². The van der Waals surface area contributed by atoms with E-state index in [1.807, 2.05) is 6.92 Å². The van der Waals surface area contributed by atoms with Gasteiger partial charge in [0.05, 0.1) is 5.69 Å². The first-order chi connectivity index (χ1) is 9.69. The first-order valence-electron chi connectivity index (χ1n) is 7.64. The zero-order chi connectivity index (χ0) is 14.1.